The zero-order chi connectivity index (χ0) is 14.5. The molecule has 0 spiro atoms. The first kappa shape index (κ1) is 16.7. The van der Waals surface area contributed by atoms with Crippen molar-refractivity contribution in [2.45, 2.75) is 77.6 Å². The first-order valence-electron chi connectivity index (χ1n) is 7.98. The molecule has 0 aliphatic rings. The number of anilines is 1. The van der Waals surface area contributed by atoms with E-state index in [9.17, 15) is 4.79 Å². The molecule has 5 heteroatoms. The number of carbonyl (C=O) groups is 1. The van der Waals surface area contributed by atoms with Gasteiger partial charge in [0.1, 0.15) is 6.33 Å². The molecule has 0 aliphatic heterocycles. The van der Waals surface area contributed by atoms with Gasteiger partial charge in [0.25, 0.3) is 0 Å². The third kappa shape index (κ3) is 8.67. The maximum atomic E-state index is 11.5. The van der Waals surface area contributed by atoms with Gasteiger partial charge in [-0.15, -0.1) is 0 Å². The number of hydrogen-bond acceptors (Lipinski definition) is 3. The first-order valence-corrected chi connectivity index (χ1v) is 7.98. The van der Waals surface area contributed by atoms with Crippen LogP contribution in [0.5, 0.6) is 0 Å². The van der Waals surface area contributed by atoms with Gasteiger partial charge in [-0.1, -0.05) is 64.7 Å². The van der Waals surface area contributed by atoms with Crippen LogP contribution in [0.4, 0.5) is 5.95 Å². The number of hydrogen-bond donors (Lipinski definition) is 2. The Morgan fingerprint density at radius 1 is 1.05 bits per heavy atom. The number of nitrogens with one attached hydrogen (secondary N) is 2. The highest BCUT2D eigenvalue weighted by Crippen LogP contribution is 2.11. The molecule has 0 aliphatic carbocycles. The predicted octanol–water partition coefficient (Wildman–Crippen LogP) is 4.05. The van der Waals surface area contributed by atoms with Crippen molar-refractivity contribution in [2.75, 3.05) is 5.32 Å². The minimum Gasteiger partial charge on any atom is -0.295 e. The van der Waals surface area contributed by atoms with E-state index in [1.54, 1.807) is 0 Å². The van der Waals surface area contributed by atoms with Crippen LogP contribution in [0.15, 0.2) is 6.33 Å². The third-order valence-electron chi connectivity index (χ3n) is 3.43. The van der Waals surface area contributed by atoms with Gasteiger partial charge < -0.3 is 0 Å². The van der Waals surface area contributed by atoms with Crippen molar-refractivity contribution in [1.82, 2.24) is 15.2 Å². The summed E-state index contributed by atoms with van der Waals surface area (Å²) in [5, 5.41) is 8.98. The van der Waals surface area contributed by atoms with Crippen LogP contribution in [0.25, 0.3) is 0 Å². The lowest BCUT2D eigenvalue weighted by Crippen LogP contribution is -2.12. The molecule has 1 rings (SSSR count). The van der Waals surface area contributed by atoms with Crippen molar-refractivity contribution in [1.29, 1.82) is 0 Å². The van der Waals surface area contributed by atoms with Crippen LogP contribution in [0.3, 0.4) is 0 Å². The van der Waals surface area contributed by atoms with E-state index in [4.69, 9.17) is 0 Å². The fourth-order valence-electron chi connectivity index (χ4n) is 2.23. The smallest absolute Gasteiger partial charge is 0.226 e. The van der Waals surface area contributed by atoms with E-state index in [0.717, 1.165) is 12.8 Å². The molecule has 1 amide bonds. The van der Waals surface area contributed by atoms with E-state index in [2.05, 4.69) is 27.4 Å². The fourth-order valence-corrected chi connectivity index (χ4v) is 2.23. The van der Waals surface area contributed by atoms with Crippen LogP contribution < -0.4 is 5.32 Å². The Morgan fingerprint density at radius 2 is 1.65 bits per heavy atom. The number of carbonyl (C=O) groups excluding carboxylic acids is 1. The molecule has 1 aromatic heterocycles. The zero-order valence-electron chi connectivity index (χ0n) is 12.7. The summed E-state index contributed by atoms with van der Waals surface area (Å²) in [4.78, 5) is 15.4. The molecule has 0 bridgehead atoms. The Hall–Kier alpha value is -1.39. The Morgan fingerprint density at radius 3 is 2.20 bits per heavy atom. The SMILES string of the molecule is CCCCCCCCCCCCC(=O)Nc1ncn[nH]1. The Labute approximate surface area is 122 Å². The van der Waals surface area contributed by atoms with Crippen LogP contribution in [0.2, 0.25) is 0 Å². The van der Waals surface area contributed by atoms with Crippen molar-refractivity contribution in [3.8, 4) is 0 Å². The fraction of sp³-hybridized carbons (Fsp3) is 0.800. The second-order valence-corrected chi connectivity index (χ2v) is 5.31. The molecular formula is C15H28N4O. The standard InChI is InChI=1S/C15H28N4O/c1-2-3-4-5-6-7-8-9-10-11-12-14(20)18-15-16-13-17-19-15/h13H,2-12H2,1H3,(H2,16,17,18,19,20). The minimum absolute atomic E-state index is 0.0151. The summed E-state index contributed by atoms with van der Waals surface area (Å²) in [7, 11) is 0. The Bertz CT molecular complexity index is 338. The minimum atomic E-state index is 0.0151. The number of aromatic nitrogens is 3. The lowest BCUT2D eigenvalue weighted by Gasteiger charge is -2.03. The molecule has 0 aromatic carbocycles. The molecule has 0 saturated heterocycles. The summed E-state index contributed by atoms with van der Waals surface area (Å²) in [5.74, 6) is 0.448. The maximum Gasteiger partial charge on any atom is 0.226 e. The van der Waals surface area contributed by atoms with Crippen LogP contribution >= 0.6 is 0 Å². The van der Waals surface area contributed by atoms with Gasteiger partial charge in [0.05, 0.1) is 0 Å². The summed E-state index contributed by atoms with van der Waals surface area (Å²) >= 11 is 0. The Balaban J connectivity index is 1.83. The second kappa shape index (κ2) is 11.4. The van der Waals surface area contributed by atoms with E-state index >= 15 is 0 Å². The zero-order valence-corrected chi connectivity index (χ0v) is 12.7. The average molecular weight is 280 g/mol. The summed E-state index contributed by atoms with van der Waals surface area (Å²) < 4.78 is 0. The highest BCUT2D eigenvalue weighted by molar-refractivity contribution is 5.88. The number of unbranched alkanes of at least 4 members (excludes halogenated alkanes) is 9. The normalized spacial score (nSPS) is 10.7. The van der Waals surface area contributed by atoms with Crippen LogP contribution in [0.1, 0.15) is 77.6 Å². The van der Waals surface area contributed by atoms with Gasteiger partial charge in [-0.2, -0.15) is 10.1 Å². The molecule has 114 valence electrons. The quantitative estimate of drug-likeness (QED) is 0.567. The molecule has 1 aromatic rings. The summed E-state index contributed by atoms with van der Waals surface area (Å²) in [6.07, 6.45) is 14.8. The van der Waals surface area contributed by atoms with E-state index in [-0.39, 0.29) is 5.91 Å². The van der Waals surface area contributed by atoms with E-state index in [1.165, 1.54) is 57.7 Å². The van der Waals surface area contributed by atoms with Crippen LogP contribution in [0, 0.1) is 0 Å². The number of nitrogens with zero attached hydrogens (tertiary/aromatic N) is 2. The molecule has 5 nitrogen and oxygen atoms in total. The largest absolute Gasteiger partial charge is 0.295 e. The predicted molar refractivity (Wildman–Crippen MR) is 81.5 cm³/mol. The summed E-state index contributed by atoms with van der Waals surface area (Å²) in [5.41, 5.74) is 0. The van der Waals surface area contributed by atoms with Gasteiger partial charge in [-0.05, 0) is 6.42 Å². The highest BCUT2D eigenvalue weighted by atomic mass is 16.1. The number of H-pyrrole nitrogens is 1. The average Bonchev–Trinajstić information content (AvgIpc) is 2.93. The van der Waals surface area contributed by atoms with Gasteiger partial charge >= 0.3 is 0 Å². The summed E-state index contributed by atoms with van der Waals surface area (Å²) in [6.45, 7) is 2.25. The van der Waals surface area contributed by atoms with Gasteiger partial charge in [0, 0.05) is 6.42 Å². The molecule has 0 saturated carbocycles. The Kier molecular flexibility index (Phi) is 9.53. The lowest BCUT2D eigenvalue weighted by molar-refractivity contribution is -0.116. The number of amides is 1. The monoisotopic (exact) mass is 280 g/mol. The van der Waals surface area contributed by atoms with Crippen LogP contribution in [-0.2, 0) is 4.79 Å². The van der Waals surface area contributed by atoms with E-state index in [0.29, 0.717) is 12.4 Å². The molecule has 1 heterocycles. The van der Waals surface area contributed by atoms with Crippen molar-refractivity contribution in [3.63, 3.8) is 0 Å². The third-order valence-corrected chi connectivity index (χ3v) is 3.43. The lowest BCUT2D eigenvalue weighted by atomic mass is 10.1. The van der Waals surface area contributed by atoms with Gasteiger partial charge in [0.2, 0.25) is 11.9 Å². The van der Waals surface area contributed by atoms with Gasteiger partial charge in [-0.3, -0.25) is 10.1 Å². The van der Waals surface area contributed by atoms with Crippen molar-refractivity contribution < 1.29 is 4.79 Å². The van der Waals surface area contributed by atoms with Crippen LogP contribution in [-0.4, -0.2) is 21.1 Å². The van der Waals surface area contributed by atoms with Gasteiger partial charge in [0.15, 0.2) is 0 Å². The van der Waals surface area contributed by atoms with Gasteiger partial charge in [-0.25, -0.2) is 5.10 Å². The molecule has 20 heavy (non-hydrogen) atoms. The highest BCUT2D eigenvalue weighted by Gasteiger charge is 2.03. The molecule has 0 radical (unpaired) electrons. The van der Waals surface area contributed by atoms with Crippen molar-refractivity contribution in [2.24, 2.45) is 0 Å². The summed E-state index contributed by atoms with van der Waals surface area (Å²) in [6, 6.07) is 0. The molecule has 0 fully saturated rings. The number of rotatable bonds is 12. The molecular weight excluding hydrogens is 252 g/mol. The van der Waals surface area contributed by atoms with Crippen molar-refractivity contribution in [3.05, 3.63) is 6.33 Å². The second-order valence-electron chi connectivity index (χ2n) is 5.31. The van der Waals surface area contributed by atoms with E-state index < -0.39 is 0 Å². The molecule has 2 N–H and O–H groups in total. The molecule has 0 unspecified atom stereocenters. The van der Waals surface area contributed by atoms with E-state index in [1.807, 2.05) is 0 Å². The van der Waals surface area contributed by atoms with Crippen molar-refractivity contribution >= 4 is 11.9 Å². The first-order chi connectivity index (χ1) is 9.83. The number of aromatic amines is 1. The molecule has 0 atom stereocenters. The topological polar surface area (TPSA) is 70.7 Å². The maximum absolute atomic E-state index is 11.5.